The number of hydrogen-bond donors (Lipinski definition) is 3. The van der Waals surface area contributed by atoms with E-state index in [4.69, 9.17) is 23.1 Å². The zero-order valence-electron chi connectivity index (χ0n) is 9.25. The molecule has 0 unspecified atom stereocenters. The van der Waals surface area contributed by atoms with Crippen molar-refractivity contribution < 1.29 is 9.78 Å². The number of amides is 1. The van der Waals surface area contributed by atoms with Crippen LogP contribution >= 0.6 is 11.6 Å². The number of rotatable bonds is 1. The zero-order valence-corrected chi connectivity index (χ0v) is 10.0. The van der Waals surface area contributed by atoms with E-state index >= 15 is 0 Å². The van der Waals surface area contributed by atoms with Crippen LogP contribution in [0.4, 0.5) is 5.82 Å². The van der Waals surface area contributed by atoms with Gasteiger partial charge in [0.25, 0.3) is 11.7 Å². The van der Waals surface area contributed by atoms with Crippen molar-refractivity contribution in [2.75, 3.05) is 5.73 Å². The van der Waals surface area contributed by atoms with Gasteiger partial charge < -0.3 is 10.7 Å². The van der Waals surface area contributed by atoms with Gasteiger partial charge >= 0.3 is 0 Å². The second-order valence-corrected chi connectivity index (χ2v) is 4.48. The topological polar surface area (TPSA) is 99.0 Å². The molecule has 5 nitrogen and oxygen atoms in total. The maximum Gasteiger partial charge on any atom is 0.280 e. The summed E-state index contributed by atoms with van der Waals surface area (Å²) in [6.07, 6.45) is 1.50. The smallest absolute Gasteiger partial charge is 0.280 e. The highest BCUT2D eigenvalue weighted by Crippen LogP contribution is 2.30. The Morgan fingerprint density at radius 2 is 2.17 bits per heavy atom. The molecule has 0 aliphatic carbocycles. The maximum atomic E-state index is 11.4. The van der Waals surface area contributed by atoms with Gasteiger partial charge in [0, 0.05) is 15.9 Å². The maximum absolute atomic E-state index is 11.4. The Kier molecular flexibility index (Phi) is 2.18. The van der Waals surface area contributed by atoms with Crippen LogP contribution in [0.5, 0.6) is 0 Å². The predicted octanol–water partition coefficient (Wildman–Crippen LogP) is 1.47. The van der Waals surface area contributed by atoms with Gasteiger partial charge in [-0.25, -0.2) is 4.98 Å². The first-order valence-electron chi connectivity index (χ1n) is 5.29. The molecule has 0 aliphatic rings. The Labute approximate surface area is 107 Å². The number of nitrogen functional groups attached to an aromatic ring is 1. The molecule has 3 aromatic rings. The monoisotopic (exact) mass is 261 g/mol. The molecule has 0 saturated carbocycles. The van der Waals surface area contributed by atoms with Crippen LogP contribution in [0.15, 0.2) is 24.4 Å². The lowest BCUT2D eigenvalue weighted by Crippen LogP contribution is -2.18. The van der Waals surface area contributed by atoms with E-state index in [9.17, 15) is 4.79 Å². The van der Waals surface area contributed by atoms with Gasteiger partial charge in [-0.15, -0.1) is 0 Å². The van der Waals surface area contributed by atoms with Gasteiger partial charge in [-0.05, 0) is 12.1 Å². The molecular formula is C12H10ClN4O+. The summed E-state index contributed by atoms with van der Waals surface area (Å²) in [5.41, 5.74) is 13.0. The minimum absolute atomic E-state index is 0.367. The molecule has 2 aromatic heterocycles. The van der Waals surface area contributed by atoms with E-state index < -0.39 is 5.91 Å². The number of aromatic nitrogens is 2. The molecule has 1 amide bonds. The minimum atomic E-state index is -0.520. The summed E-state index contributed by atoms with van der Waals surface area (Å²) >= 11 is 5.94. The summed E-state index contributed by atoms with van der Waals surface area (Å²) in [6.45, 7) is 0. The van der Waals surface area contributed by atoms with Crippen molar-refractivity contribution in [2.24, 2.45) is 5.73 Å². The number of anilines is 1. The predicted molar refractivity (Wildman–Crippen MR) is 70.3 cm³/mol. The lowest BCUT2D eigenvalue weighted by atomic mass is 10.1. The molecule has 0 bridgehead atoms. The summed E-state index contributed by atoms with van der Waals surface area (Å²) in [5, 5.41) is 2.25. The Bertz CT molecular complexity index is 793. The van der Waals surface area contributed by atoms with Crippen molar-refractivity contribution in [1.29, 1.82) is 0 Å². The second kappa shape index (κ2) is 3.61. The molecule has 0 fully saturated rings. The van der Waals surface area contributed by atoms with E-state index in [1.54, 1.807) is 12.1 Å². The summed E-state index contributed by atoms with van der Waals surface area (Å²) in [6, 6.07) is 5.40. The van der Waals surface area contributed by atoms with Crippen molar-refractivity contribution >= 4 is 45.1 Å². The van der Waals surface area contributed by atoms with Gasteiger partial charge in [0.1, 0.15) is 11.8 Å². The molecular weight excluding hydrogens is 252 g/mol. The van der Waals surface area contributed by atoms with Crippen LogP contribution in [0.1, 0.15) is 10.4 Å². The molecule has 1 aromatic carbocycles. The van der Waals surface area contributed by atoms with Gasteiger partial charge in [0.15, 0.2) is 0 Å². The van der Waals surface area contributed by atoms with Crippen LogP contribution in [-0.4, -0.2) is 10.9 Å². The van der Waals surface area contributed by atoms with E-state index in [2.05, 4.69) is 9.97 Å². The number of H-pyrrole nitrogens is 2. The molecule has 6 N–H and O–H groups in total. The number of nitrogens with one attached hydrogen (secondary N) is 2. The molecule has 3 rings (SSSR count). The number of nitrogens with two attached hydrogens (primary N) is 2. The Balaban J connectivity index is 2.55. The highest BCUT2D eigenvalue weighted by Gasteiger charge is 2.18. The van der Waals surface area contributed by atoms with E-state index in [-0.39, 0.29) is 0 Å². The first-order valence-corrected chi connectivity index (χ1v) is 5.66. The summed E-state index contributed by atoms with van der Waals surface area (Å²) < 4.78 is 0. The quantitative estimate of drug-likeness (QED) is 0.618. The summed E-state index contributed by atoms with van der Waals surface area (Å²) in [4.78, 5) is 17.4. The van der Waals surface area contributed by atoms with Gasteiger partial charge in [0.2, 0.25) is 0 Å². The van der Waals surface area contributed by atoms with Crippen LogP contribution in [-0.2, 0) is 0 Å². The van der Waals surface area contributed by atoms with Gasteiger partial charge in [-0.1, -0.05) is 17.7 Å². The zero-order chi connectivity index (χ0) is 12.9. The number of hydrogen-bond acceptors (Lipinski definition) is 2. The molecule has 0 atom stereocenters. The molecule has 90 valence electrons. The number of carbonyl (C=O) groups is 1. The van der Waals surface area contributed by atoms with Crippen LogP contribution < -0.4 is 16.5 Å². The Morgan fingerprint density at radius 3 is 2.89 bits per heavy atom. The van der Waals surface area contributed by atoms with E-state index in [0.717, 1.165) is 16.3 Å². The third-order valence-corrected chi connectivity index (χ3v) is 3.17. The van der Waals surface area contributed by atoms with Crippen LogP contribution in [0.2, 0.25) is 5.02 Å². The van der Waals surface area contributed by atoms with Gasteiger partial charge in [-0.3, -0.25) is 10.5 Å². The highest BCUT2D eigenvalue weighted by atomic mass is 35.5. The molecule has 2 heterocycles. The lowest BCUT2D eigenvalue weighted by molar-refractivity contribution is -0.358. The van der Waals surface area contributed by atoms with Gasteiger partial charge in [-0.2, -0.15) is 0 Å². The fourth-order valence-electron chi connectivity index (χ4n) is 2.14. The number of halogens is 1. The van der Waals surface area contributed by atoms with Crippen molar-refractivity contribution in [3.63, 3.8) is 0 Å². The average Bonchev–Trinajstić information content (AvgIpc) is 2.67. The molecule has 0 spiro atoms. The van der Waals surface area contributed by atoms with Crippen molar-refractivity contribution in [1.82, 2.24) is 4.98 Å². The van der Waals surface area contributed by atoms with Crippen LogP contribution in [0.25, 0.3) is 21.8 Å². The van der Waals surface area contributed by atoms with Crippen LogP contribution in [0, 0.1) is 0 Å². The standard InChI is InChI=1S/C12H9ClN4O/c13-5-1-2-6-8(3-5)17-10-7(12(15)18)4-16-11(14)9(6)10/h1-4,17H,(H2,14,16)(H2,15,18)/p+1. The van der Waals surface area contributed by atoms with Crippen LogP contribution in [0.3, 0.4) is 0 Å². The molecule has 6 heteroatoms. The first-order chi connectivity index (χ1) is 8.58. The number of primary amides is 1. The summed E-state index contributed by atoms with van der Waals surface area (Å²) in [7, 11) is 0. The third kappa shape index (κ3) is 1.41. The second-order valence-electron chi connectivity index (χ2n) is 4.05. The largest absolute Gasteiger partial charge is 0.365 e. The van der Waals surface area contributed by atoms with Crippen molar-refractivity contribution in [2.45, 2.75) is 0 Å². The average molecular weight is 262 g/mol. The van der Waals surface area contributed by atoms with E-state index in [0.29, 0.717) is 21.9 Å². The van der Waals surface area contributed by atoms with E-state index in [1.807, 2.05) is 6.07 Å². The van der Waals surface area contributed by atoms with Crippen molar-refractivity contribution in [3.05, 3.63) is 35.0 Å². The molecule has 0 saturated heterocycles. The van der Waals surface area contributed by atoms with Gasteiger partial charge in [0.05, 0.1) is 10.9 Å². The third-order valence-electron chi connectivity index (χ3n) is 2.94. The Morgan fingerprint density at radius 1 is 1.39 bits per heavy atom. The Hall–Kier alpha value is -2.27. The first kappa shape index (κ1) is 10.9. The number of fused-ring (bicyclic) bond motifs is 3. The fourth-order valence-corrected chi connectivity index (χ4v) is 2.31. The SMILES string of the molecule is NC(=O)c1c[nH+]c(N)c2c1[nH]c1cc(Cl)ccc12. The molecule has 0 aliphatic heterocycles. The lowest BCUT2D eigenvalue weighted by Gasteiger charge is -1.96. The summed E-state index contributed by atoms with van der Waals surface area (Å²) in [5.74, 6) is -0.0440. The van der Waals surface area contributed by atoms with E-state index in [1.165, 1.54) is 6.20 Å². The molecule has 18 heavy (non-hydrogen) atoms. The highest BCUT2D eigenvalue weighted by molar-refractivity contribution is 6.31. The number of pyridine rings is 1. The minimum Gasteiger partial charge on any atom is -0.365 e. The fraction of sp³-hybridized carbons (Fsp3) is 0. The number of benzene rings is 1. The molecule has 0 radical (unpaired) electrons. The number of aromatic amines is 2. The number of carbonyl (C=O) groups excluding carboxylic acids is 1. The normalized spacial score (nSPS) is 11.2. The van der Waals surface area contributed by atoms with Crippen molar-refractivity contribution in [3.8, 4) is 0 Å².